The molecule has 2 aliphatic rings. The van der Waals surface area contributed by atoms with Gasteiger partial charge in [0.05, 0.1) is 24.1 Å². The van der Waals surface area contributed by atoms with E-state index in [4.69, 9.17) is 24.1 Å². The van der Waals surface area contributed by atoms with Crippen LogP contribution in [0.15, 0.2) is 0 Å². The van der Waals surface area contributed by atoms with E-state index in [0.29, 0.717) is 6.42 Å². The number of hydrogen-bond acceptors (Lipinski definition) is 9. The Labute approximate surface area is 134 Å². The number of thiol groups is 1. The Hall–Kier alpha value is 0.0300. The predicted molar refractivity (Wildman–Crippen MR) is 77.4 cm³/mol. The van der Waals surface area contributed by atoms with Crippen molar-refractivity contribution < 1.29 is 39.4 Å². The highest BCUT2D eigenvalue weighted by molar-refractivity contribution is 7.81. The third kappa shape index (κ3) is 3.42. The van der Waals surface area contributed by atoms with Crippen molar-refractivity contribution in [1.29, 1.82) is 0 Å². The summed E-state index contributed by atoms with van der Waals surface area (Å²) < 4.78 is 21.7. The zero-order valence-corrected chi connectivity index (χ0v) is 13.4. The van der Waals surface area contributed by atoms with Gasteiger partial charge in [0.2, 0.25) is 0 Å². The molecular weight excluding hydrogens is 316 g/mol. The number of aliphatic hydroxyl groups excluding tert-OH is 4. The molecule has 2 aliphatic heterocycles. The molecule has 9 atom stereocenters. The summed E-state index contributed by atoms with van der Waals surface area (Å²) in [4.78, 5) is 0. The third-order valence-corrected chi connectivity index (χ3v) is 4.62. The predicted octanol–water partition coefficient (Wildman–Crippen LogP) is -1.75. The maximum absolute atomic E-state index is 10.2. The van der Waals surface area contributed by atoms with E-state index in [1.54, 1.807) is 0 Å². The van der Waals surface area contributed by atoms with Crippen molar-refractivity contribution in [3.05, 3.63) is 0 Å². The summed E-state index contributed by atoms with van der Waals surface area (Å²) in [5, 5.41) is 38.7. The average Bonchev–Trinajstić information content (AvgIpc) is 2.80. The van der Waals surface area contributed by atoms with Crippen molar-refractivity contribution in [3.8, 4) is 0 Å². The van der Waals surface area contributed by atoms with E-state index in [-0.39, 0.29) is 0 Å². The molecule has 2 saturated heterocycles. The van der Waals surface area contributed by atoms with Gasteiger partial charge in [-0.1, -0.05) is 6.92 Å². The van der Waals surface area contributed by atoms with E-state index >= 15 is 0 Å². The van der Waals surface area contributed by atoms with Crippen molar-refractivity contribution in [1.82, 2.24) is 0 Å². The van der Waals surface area contributed by atoms with Gasteiger partial charge in [-0.25, -0.2) is 0 Å². The lowest BCUT2D eigenvalue weighted by Gasteiger charge is -2.42. The molecule has 130 valence electrons. The summed E-state index contributed by atoms with van der Waals surface area (Å²) in [6.45, 7) is 1.40. The molecule has 2 fully saturated rings. The van der Waals surface area contributed by atoms with Gasteiger partial charge >= 0.3 is 0 Å². The van der Waals surface area contributed by atoms with Gasteiger partial charge in [-0.3, -0.25) is 0 Å². The summed E-state index contributed by atoms with van der Waals surface area (Å²) in [7, 11) is 1.36. The molecule has 9 heteroatoms. The molecule has 0 aliphatic carbocycles. The molecule has 8 nitrogen and oxygen atoms in total. The second-order valence-electron chi connectivity index (χ2n) is 5.48. The molecule has 0 saturated carbocycles. The van der Waals surface area contributed by atoms with E-state index in [9.17, 15) is 15.3 Å². The molecule has 4 N–H and O–H groups in total. The highest BCUT2D eigenvalue weighted by atomic mass is 32.1. The molecule has 0 radical (unpaired) electrons. The third-order valence-electron chi connectivity index (χ3n) is 4.07. The van der Waals surface area contributed by atoms with E-state index in [2.05, 4.69) is 12.6 Å². The Morgan fingerprint density at radius 1 is 1.00 bits per heavy atom. The Balaban J connectivity index is 2.07. The lowest BCUT2D eigenvalue weighted by molar-refractivity contribution is -0.326. The lowest BCUT2D eigenvalue weighted by atomic mass is 9.99. The Bertz CT molecular complexity index is 357. The van der Waals surface area contributed by atoms with E-state index in [1.807, 2.05) is 6.92 Å². The van der Waals surface area contributed by atoms with Gasteiger partial charge in [-0.15, -0.1) is 0 Å². The minimum absolute atomic E-state index is 0.412. The van der Waals surface area contributed by atoms with Crippen LogP contribution in [0.4, 0.5) is 0 Å². The fourth-order valence-corrected chi connectivity index (χ4v) is 3.04. The van der Waals surface area contributed by atoms with Gasteiger partial charge in [0.1, 0.15) is 24.4 Å². The molecule has 0 aromatic carbocycles. The first-order valence-corrected chi connectivity index (χ1v) is 7.78. The fourth-order valence-electron chi connectivity index (χ4n) is 2.71. The topological polar surface area (TPSA) is 118 Å². The van der Waals surface area contributed by atoms with Gasteiger partial charge in [0, 0.05) is 7.11 Å². The quantitative estimate of drug-likeness (QED) is 0.374. The normalized spacial score (nSPS) is 49.5. The summed E-state index contributed by atoms with van der Waals surface area (Å²) in [5.41, 5.74) is 0. The van der Waals surface area contributed by atoms with Crippen molar-refractivity contribution in [3.63, 3.8) is 0 Å². The number of hydrogen-bond donors (Lipinski definition) is 5. The van der Waals surface area contributed by atoms with Crippen molar-refractivity contribution in [2.24, 2.45) is 0 Å². The van der Waals surface area contributed by atoms with Gasteiger partial charge < -0.3 is 39.4 Å². The molecular formula is C13H24O8S. The molecule has 0 bridgehead atoms. The molecule has 0 amide bonds. The van der Waals surface area contributed by atoms with E-state index in [0.717, 1.165) is 0 Å². The van der Waals surface area contributed by atoms with E-state index < -0.39 is 61.1 Å². The van der Waals surface area contributed by atoms with Crippen LogP contribution in [-0.2, 0) is 18.9 Å². The second-order valence-corrected chi connectivity index (χ2v) is 6.07. The standard InChI is InChI=1S/C13H24O8S/c1-3-5-8(16)11(22)13(19-5)21-10-9(17)7(15)6(4-14)20-12(10)18-2/h5-17,22H,3-4H2,1-2H3/t5-,6+,7+,8+,9-,10-,11-,12-,13-/m0/s1. The fraction of sp³-hybridized carbons (Fsp3) is 1.00. The van der Waals surface area contributed by atoms with E-state index in [1.165, 1.54) is 7.11 Å². The maximum atomic E-state index is 10.2. The monoisotopic (exact) mass is 340 g/mol. The van der Waals surface area contributed by atoms with Crippen LogP contribution >= 0.6 is 12.6 Å². The van der Waals surface area contributed by atoms with Crippen LogP contribution in [0.1, 0.15) is 13.3 Å². The highest BCUT2D eigenvalue weighted by Gasteiger charge is 2.49. The second kappa shape index (κ2) is 7.73. The van der Waals surface area contributed by atoms with Gasteiger partial charge in [0.25, 0.3) is 0 Å². The van der Waals surface area contributed by atoms with Crippen molar-refractivity contribution in [2.45, 2.75) is 67.8 Å². The molecule has 0 spiro atoms. The van der Waals surface area contributed by atoms with Crippen molar-refractivity contribution in [2.75, 3.05) is 13.7 Å². The number of ether oxygens (including phenoxy) is 4. The molecule has 22 heavy (non-hydrogen) atoms. The van der Waals surface area contributed by atoms with Crippen LogP contribution < -0.4 is 0 Å². The Kier molecular flexibility index (Phi) is 6.46. The lowest BCUT2D eigenvalue weighted by Crippen LogP contribution is -2.60. The minimum Gasteiger partial charge on any atom is -0.394 e. The first-order valence-electron chi connectivity index (χ1n) is 7.26. The Morgan fingerprint density at radius 2 is 1.64 bits per heavy atom. The van der Waals surface area contributed by atoms with Gasteiger partial charge in [-0.2, -0.15) is 12.6 Å². The minimum atomic E-state index is -1.34. The van der Waals surface area contributed by atoms with Crippen LogP contribution in [0.25, 0.3) is 0 Å². The highest BCUT2D eigenvalue weighted by Crippen LogP contribution is 2.32. The first kappa shape index (κ1) is 18.4. The molecule has 2 heterocycles. The number of rotatable bonds is 5. The number of aliphatic hydroxyl groups is 4. The smallest absolute Gasteiger partial charge is 0.186 e. The zero-order chi connectivity index (χ0) is 16.4. The molecule has 2 rings (SSSR count). The van der Waals surface area contributed by atoms with Gasteiger partial charge in [0.15, 0.2) is 12.6 Å². The van der Waals surface area contributed by atoms with Crippen LogP contribution in [-0.4, -0.2) is 88.6 Å². The van der Waals surface area contributed by atoms with Crippen LogP contribution in [0.2, 0.25) is 0 Å². The van der Waals surface area contributed by atoms with Gasteiger partial charge in [-0.05, 0) is 6.42 Å². The average molecular weight is 340 g/mol. The van der Waals surface area contributed by atoms with Crippen LogP contribution in [0, 0.1) is 0 Å². The summed E-state index contributed by atoms with van der Waals surface area (Å²) in [6, 6.07) is 0. The maximum Gasteiger partial charge on any atom is 0.186 e. The van der Waals surface area contributed by atoms with Crippen LogP contribution in [0.3, 0.4) is 0 Å². The van der Waals surface area contributed by atoms with Crippen molar-refractivity contribution >= 4 is 12.6 Å². The number of methoxy groups -OCH3 is 1. The summed E-state index contributed by atoms with van der Waals surface area (Å²) in [6.07, 6.45) is -7.15. The summed E-state index contributed by atoms with van der Waals surface area (Å²) in [5.74, 6) is 0. The Morgan fingerprint density at radius 3 is 2.14 bits per heavy atom. The SMILES string of the molecule is CC[C@@H]1O[C@@H](O[C@@H]2[C@@H](OC)O[C@H](CO)[C@@H](O)[C@@H]2O)[C@@H](S)[C@@H]1O. The molecule has 0 aromatic rings. The zero-order valence-electron chi connectivity index (χ0n) is 12.5. The van der Waals surface area contributed by atoms with Crippen LogP contribution in [0.5, 0.6) is 0 Å². The summed E-state index contributed by atoms with van der Waals surface area (Å²) >= 11 is 4.28. The largest absolute Gasteiger partial charge is 0.394 e. The first-order chi connectivity index (χ1) is 10.4. The molecule has 0 unspecified atom stereocenters. The molecule has 0 aromatic heterocycles.